The van der Waals surface area contributed by atoms with E-state index < -0.39 is 0 Å². The van der Waals surface area contributed by atoms with E-state index in [1.165, 1.54) is 36.7 Å². The minimum Gasteiger partial charge on any atom is -0.495 e. The third-order valence-corrected chi connectivity index (χ3v) is 4.45. The third-order valence-electron chi connectivity index (χ3n) is 4.22. The Balaban J connectivity index is 1.82. The molecular weight excluding hydrogens is 396 g/mol. The van der Waals surface area contributed by atoms with E-state index in [4.69, 9.17) is 21.1 Å². The van der Waals surface area contributed by atoms with Gasteiger partial charge in [-0.05, 0) is 26.0 Å². The van der Waals surface area contributed by atoms with Crippen LogP contribution in [0.2, 0.25) is 5.02 Å². The predicted octanol–water partition coefficient (Wildman–Crippen LogP) is 2.65. The second-order valence-corrected chi connectivity index (χ2v) is 6.57. The molecular formula is C19H21ClN6O3. The lowest BCUT2D eigenvalue weighted by Crippen LogP contribution is -2.42. The average Bonchev–Trinajstić information content (AvgIpc) is 3.28. The van der Waals surface area contributed by atoms with Crippen molar-refractivity contribution in [3.8, 4) is 17.4 Å². The SMILES string of the molecule is CCN(C(=O)c1cc(OC)cnc1-n1nccn1)[C@@H](C)COc1ccc(Cl)cn1. The summed E-state index contributed by atoms with van der Waals surface area (Å²) in [7, 11) is 1.52. The normalized spacial score (nSPS) is 11.7. The fraction of sp³-hybridized carbons (Fsp3) is 0.316. The Morgan fingerprint density at radius 3 is 2.62 bits per heavy atom. The predicted molar refractivity (Wildman–Crippen MR) is 107 cm³/mol. The summed E-state index contributed by atoms with van der Waals surface area (Å²) in [6.45, 7) is 4.53. The van der Waals surface area contributed by atoms with Gasteiger partial charge in [0.25, 0.3) is 5.91 Å². The van der Waals surface area contributed by atoms with E-state index in [0.717, 1.165) is 0 Å². The molecule has 0 unspecified atom stereocenters. The van der Waals surface area contributed by atoms with Crippen LogP contribution in [0.15, 0.2) is 43.0 Å². The van der Waals surface area contributed by atoms with Gasteiger partial charge in [0.1, 0.15) is 12.4 Å². The molecule has 0 fully saturated rings. The summed E-state index contributed by atoms with van der Waals surface area (Å²) >= 11 is 5.84. The number of ether oxygens (including phenoxy) is 2. The van der Waals surface area contributed by atoms with Crippen molar-refractivity contribution < 1.29 is 14.3 Å². The second-order valence-electron chi connectivity index (χ2n) is 6.13. The van der Waals surface area contributed by atoms with E-state index in [1.807, 2.05) is 13.8 Å². The van der Waals surface area contributed by atoms with Crippen molar-refractivity contribution in [3.63, 3.8) is 0 Å². The molecule has 3 heterocycles. The fourth-order valence-corrected chi connectivity index (χ4v) is 2.86. The van der Waals surface area contributed by atoms with Crippen LogP contribution in [0.4, 0.5) is 0 Å². The number of hydrogen-bond acceptors (Lipinski definition) is 7. The van der Waals surface area contributed by atoms with Gasteiger partial charge in [0.2, 0.25) is 5.88 Å². The number of rotatable bonds is 8. The van der Waals surface area contributed by atoms with Crippen LogP contribution in [-0.4, -0.2) is 62.1 Å². The Bertz CT molecular complexity index is 949. The Kier molecular flexibility index (Phi) is 6.61. The first-order valence-electron chi connectivity index (χ1n) is 8.99. The quantitative estimate of drug-likeness (QED) is 0.557. The maximum Gasteiger partial charge on any atom is 0.258 e. The molecule has 0 saturated carbocycles. The van der Waals surface area contributed by atoms with Crippen molar-refractivity contribution in [1.82, 2.24) is 29.9 Å². The molecule has 10 heteroatoms. The molecule has 0 aromatic carbocycles. The largest absolute Gasteiger partial charge is 0.495 e. The van der Waals surface area contributed by atoms with Gasteiger partial charge in [-0.2, -0.15) is 10.2 Å². The monoisotopic (exact) mass is 416 g/mol. The van der Waals surface area contributed by atoms with Gasteiger partial charge in [-0.15, -0.1) is 4.80 Å². The molecule has 3 rings (SSSR count). The summed E-state index contributed by atoms with van der Waals surface area (Å²) in [6, 6.07) is 4.78. The highest BCUT2D eigenvalue weighted by molar-refractivity contribution is 6.30. The van der Waals surface area contributed by atoms with Crippen LogP contribution in [0.1, 0.15) is 24.2 Å². The van der Waals surface area contributed by atoms with E-state index in [9.17, 15) is 4.79 Å². The lowest BCUT2D eigenvalue weighted by molar-refractivity contribution is 0.0645. The number of likely N-dealkylation sites (N-methyl/N-ethyl adjacent to an activating group) is 1. The summed E-state index contributed by atoms with van der Waals surface area (Å²) in [5.41, 5.74) is 0.332. The van der Waals surface area contributed by atoms with Crippen LogP contribution in [0.3, 0.4) is 0 Å². The van der Waals surface area contributed by atoms with Crippen molar-refractivity contribution in [3.05, 3.63) is 53.6 Å². The first-order chi connectivity index (χ1) is 14.0. The molecule has 0 aliphatic rings. The van der Waals surface area contributed by atoms with Gasteiger partial charge in [-0.3, -0.25) is 4.79 Å². The fourth-order valence-electron chi connectivity index (χ4n) is 2.75. The zero-order valence-electron chi connectivity index (χ0n) is 16.3. The number of hydrogen-bond donors (Lipinski definition) is 0. The Hall–Kier alpha value is -3.20. The second kappa shape index (κ2) is 9.33. The lowest BCUT2D eigenvalue weighted by Gasteiger charge is -2.28. The van der Waals surface area contributed by atoms with Crippen LogP contribution in [0.5, 0.6) is 11.6 Å². The average molecular weight is 417 g/mol. The van der Waals surface area contributed by atoms with Gasteiger partial charge in [0.05, 0.1) is 42.3 Å². The zero-order valence-corrected chi connectivity index (χ0v) is 17.1. The third kappa shape index (κ3) is 4.80. The number of aromatic nitrogens is 5. The first-order valence-corrected chi connectivity index (χ1v) is 9.37. The van der Waals surface area contributed by atoms with Crippen LogP contribution in [-0.2, 0) is 0 Å². The van der Waals surface area contributed by atoms with Crippen molar-refractivity contribution in [2.24, 2.45) is 0 Å². The summed E-state index contributed by atoms with van der Waals surface area (Å²) in [6.07, 6.45) is 6.07. The molecule has 3 aromatic rings. The Labute approximate surface area is 173 Å². The minimum absolute atomic E-state index is 0.227. The highest BCUT2D eigenvalue weighted by atomic mass is 35.5. The molecule has 3 aromatic heterocycles. The zero-order chi connectivity index (χ0) is 20.8. The maximum absolute atomic E-state index is 13.3. The molecule has 1 atom stereocenters. The van der Waals surface area contributed by atoms with Gasteiger partial charge in [-0.25, -0.2) is 9.97 Å². The van der Waals surface area contributed by atoms with Gasteiger partial charge >= 0.3 is 0 Å². The molecule has 0 aliphatic carbocycles. The van der Waals surface area contributed by atoms with E-state index >= 15 is 0 Å². The highest BCUT2D eigenvalue weighted by Crippen LogP contribution is 2.20. The molecule has 152 valence electrons. The van der Waals surface area contributed by atoms with Gasteiger partial charge in [-0.1, -0.05) is 11.6 Å². The molecule has 29 heavy (non-hydrogen) atoms. The Morgan fingerprint density at radius 2 is 2.00 bits per heavy atom. The van der Waals surface area contributed by atoms with Crippen LogP contribution >= 0.6 is 11.6 Å². The van der Waals surface area contributed by atoms with Crippen LogP contribution in [0.25, 0.3) is 5.82 Å². The summed E-state index contributed by atoms with van der Waals surface area (Å²) < 4.78 is 10.9. The minimum atomic E-state index is -0.230. The lowest BCUT2D eigenvalue weighted by atomic mass is 10.2. The van der Waals surface area contributed by atoms with Crippen LogP contribution in [0, 0.1) is 0 Å². The van der Waals surface area contributed by atoms with Crippen molar-refractivity contribution in [1.29, 1.82) is 0 Å². The molecule has 0 N–H and O–H groups in total. The van der Waals surface area contributed by atoms with E-state index in [2.05, 4.69) is 20.2 Å². The van der Waals surface area contributed by atoms with Crippen molar-refractivity contribution >= 4 is 17.5 Å². The smallest absolute Gasteiger partial charge is 0.258 e. The summed E-state index contributed by atoms with van der Waals surface area (Å²) in [5, 5.41) is 8.70. The number of carbonyl (C=O) groups excluding carboxylic acids is 1. The first kappa shape index (κ1) is 20.5. The van der Waals surface area contributed by atoms with E-state index in [0.29, 0.717) is 34.6 Å². The highest BCUT2D eigenvalue weighted by Gasteiger charge is 2.25. The molecule has 0 spiro atoms. The summed E-state index contributed by atoms with van der Waals surface area (Å²) in [5.74, 6) is 1.00. The van der Waals surface area contributed by atoms with Gasteiger partial charge < -0.3 is 14.4 Å². The standard InChI is InChI=1S/C19H21ClN6O3/c1-4-25(13(2)12-29-17-6-5-14(20)10-21-17)19(27)16-9-15(28-3)11-22-18(16)26-23-7-8-24-26/h5-11,13H,4,12H2,1-3H3/t13-/m0/s1. The van der Waals surface area contributed by atoms with Gasteiger partial charge in [0.15, 0.2) is 5.82 Å². The molecule has 1 amide bonds. The van der Waals surface area contributed by atoms with E-state index in [-0.39, 0.29) is 18.6 Å². The topological polar surface area (TPSA) is 95.3 Å². The molecule has 0 radical (unpaired) electrons. The number of nitrogens with zero attached hydrogens (tertiary/aromatic N) is 6. The maximum atomic E-state index is 13.3. The molecule has 0 saturated heterocycles. The number of amides is 1. The molecule has 9 nitrogen and oxygen atoms in total. The molecule has 0 bridgehead atoms. The van der Waals surface area contributed by atoms with Crippen molar-refractivity contribution in [2.75, 3.05) is 20.3 Å². The number of halogens is 1. The van der Waals surface area contributed by atoms with Crippen molar-refractivity contribution in [2.45, 2.75) is 19.9 Å². The molecule has 0 aliphatic heterocycles. The summed E-state index contributed by atoms with van der Waals surface area (Å²) in [4.78, 5) is 24.7. The van der Waals surface area contributed by atoms with Gasteiger partial charge in [0, 0.05) is 18.8 Å². The number of methoxy groups -OCH3 is 1. The number of carbonyl (C=O) groups is 1. The van der Waals surface area contributed by atoms with E-state index in [1.54, 1.807) is 23.1 Å². The number of pyridine rings is 2. The van der Waals surface area contributed by atoms with Crippen LogP contribution < -0.4 is 9.47 Å². The Morgan fingerprint density at radius 1 is 1.24 bits per heavy atom.